The zero-order chi connectivity index (χ0) is 18.9. The number of hydrogen-bond acceptors (Lipinski definition) is 3. The number of hydrogen-bond donors (Lipinski definition) is 2. The van der Waals surface area contributed by atoms with Gasteiger partial charge < -0.3 is 10.1 Å². The minimum Gasteiger partial charge on any atom is -0.489 e. The van der Waals surface area contributed by atoms with Gasteiger partial charge in [-0.25, -0.2) is 0 Å². The quantitative estimate of drug-likeness (QED) is 0.366. The second-order valence-corrected chi connectivity index (χ2v) is 6.45. The SMILES string of the molecule is Cc1cccc(NC(=S)N/N=C/c2cccc(OCc3ccccc3)c2)c1. The van der Waals surface area contributed by atoms with E-state index in [4.69, 9.17) is 17.0 Å². The molecule has 0 atom stereocenters. The number of nitrogens with one attached hydrogen (secondary N) is 2. The maximum atomic E-state index is 5.83. The number of rotatable bonds is 6. The molecule has 0 radical (unpaired) electrons. The number of hydrazone groups is 1. The van der Waals surface area contributed by atoms with Crippen LogP contribution in [0, 0.1) is 6.92 Å². The van der Waals surface area contributed by atoms with E-state index < -0.39 is 0 Å². The zero-order valence-corrected chi connectivity index (χ0v) is 15.9. The van der Waals surface area contributed by atoms with E-state index in [0.29, 0.717) is 11.7 Å². The Kier molecular flexibility index (Phi) is 6.55. The Morgan fingerprint density at radius 3 is 2.63 bits per heavy atom. The normalized spacial score (nSPS) is 10.6. The van der Waals surface area contributed by atoms with Gasteiger partial charge in [-0.05, 0) is 60.1 Å². The third-order valence-corrected chi connectivity index (χ3v) is 3.96. The monoisotopic (exact) mass is 375 g/mol. The average Bonchev–Trinajstić information content (AvgIpc) is 2.68. The molecule has 136 valence electrons. The van der Waals surface area contributed by atoms with Crippen LogP contribution < -0.4 is 15.5 Å². The van der Waals surface area contributed by atoms with Crippen LogP contribution in [-0.2, 0) is 6.61 Å². The number of aryl methyl sites for hydroxylation is 1. The first-order valence-electron chi connectivity index (χ1n) is 8.62. The Morgan fingerprint density at radius 2 is 1.81 bits per heavy atom. The summed E-state index contributed by atoms with van der Waals surface area (Å²) in [6.07, 6.45) is 1.71. The van der Waals surface area contributed by atoms with Crippen LogP contribution in [0.3, 0.4) is 0 Å². The van der Waals surface area contributed by atoms with Crippen LogP contribution >= 0.6 is 12.2 Å². The summed E-state index contributed by atoms with van der Waals surface area (Å²) in [5, 5.41) is 7.72. The Morgan fingerprint density at radius 1 is 1.00 bits per heavy atom. The molecule has 0 spiro atoms. The fourth-order valence-electron chi connectivity index (χ4n) is 2.47. The molecule has 2 N–H and O–H groups in total. The van der Waals surface area contributed by atoms with E-state index in [1.54, 1.807) is 6.21 Å². The van der Waals surface area contributed by atoms with Crippen molar-refractivity contribution in [1.29, 1.82) is 0 Å². The van der Waals surface area contributed by atoms with Crippen LogP contribution in [0.4, 0.5) is 5.69 Å². The van der Waals surface area contributed by atoms with Gasteiger partial charge >= 0.3 is 0 Å². The first kappa shape index (κ1) is 18.6. The third kappa shape index (κ3) is 6.24. The molecule has 4 nitrogen and oxygen atoms in total. The Labute approximate surface area is 164 Å². The van der Waals surface area contributed by atoms with Crippen LogP contribution in [0.25, 0.3) is 0 Å². The van der Waals surface area contributed by atoms with Crippen LogP contribution in [0.2, 0.25) is 0 Å². The predicted octanol–water partition coefficient (Wildman–Crippen LogP) is 4.89. The van der Waals surface area contributed by atoms with E-state index in [2.05, 4.69) is 15.8 Å². The topological polar surface area (TPSA) is 45.7 Å². The highest BCUT2D eigenvalue weighted by Crippen LogP contribution is 2.14. The summed E-state index contributed by atoms with van der Waals surface area (Å²) in [7, 11) is 0. The molecule has 0 fully saturated rings. The van der Waals surface area contributed by atoms with Gasteiger partial charge in [0.05, 0.1) is 6.21 Å². The fraction of sp³-hybridized carbons (Fsp3) is 0.0909. The first-order valence-corrected chi connectivity index (χ1v) is 9.03. The molecule has 0 aliphatic carbocycles. The molecule has 0 aromatic heterocycles. The lowest BCUT2D eigenvalue weighted by molar-refractivity contribution is 0.306. The lowest BCUT2D eigenvalue weighted by atomic mass is 10.2. The number of anilines is 1. The second kappa shape index (κ2) is 9.50. The molecule has 0 heterocycles. The van der Waals surface area contributed by atoms with Gasteiger partial charge in [-0.15, -0.1) is 0 Å². The van der Waals surface area contributed by atoms with Crippen molar-refractivity contribution in [3.8, 4) is 5.75 Å². The summed E-state index contributed by atoms with van der Waals surface area (Å²) >= 11 is 5.26. The van der Waals surface area contributed by atoms with Gasteiger partial charge in [-0.3, -0.25) is 5.43 Å². The van der Waals surface area contributed by atoms with E-state index in [1.165, 1.54) is 5.56 Å². The minimum absolute atomic E-state index is 0.438. The summed E-state index contributed by atoms with van der Waals surface area (Å²) in [4.78, 5) is 0. The average molecular weight is 375 g/mol. The summed E-state index contributed by atoms with van der Waals surface area (Å²) in [5.74, 6) is 0.795. The molecule has 0 unspecified atom stereocenters. The zero-order valence-electron chi connectivity index (χ0n) is 15.1. The number of thiocarbonyl (C=S) groups is 1. The van der Waals surface area contributed by atoms with Crippen molar-refractivity contribution in [1.82, 2.24) is 5.43 Å². The van der Waals surface area contributed by atoms with Crippen molar-refractivity contribution >= 4 is 29.2 Å². The third-order valence-electron chi connectivity index (χ3n) is 3.76. The molecule has 3 rings (SSSR count). The van der Waals surface area contributed by atoms with Crippen molar-refractivity contribution in [2.75, 3.05) is 5.32 Å². The highest BCUT2D eigenvalue weighted by atomic mass is 32.1. The van der Waals surface area contributed by atoms with Crippen molar-refractivity contribution < 1.29 is 4.74 Å². The molecular formula is C22H21N3OS. The lowest BCUT2D eigenvalue weighted by Gasteiger charge is -2.08. The number of ether oxygens (including phenoxy) is 1. The predicted molar refractivity (Wildman–Crippen MR) is 115 cm³/mol. The largest absolute Gasteiger partial charge is 0.489 e. The molecule has 0 aliphatic rings. The summed E-state index contributed by atoms with van der Waals surface area (Å²) < 4.78 is 5.83. The van der Waals surface area contributed by atoms with Crippen molar-refractivity contribution in [2.45, 2.75) is 13.5 Å². The Bertz CT molecular complexity index is 926. The maximum Gasteiger partial charge on any atom is 0.191 e. The van der Waals surface area contributed by atoms with E-state index in [9.17, 15) is 0 Å². The van der Waals surface area contributed by atoms with E-state index in [-0.39, 0.29) is 0 Å². The first-order chi connectivity index (χ1) is 13.2. The minimum atomic E-state index is 0.438. The molecule has 3 aromatic carbocycles. The van der Waals surface area contributed by atoms with Crippen LogP contribution in [-0.4, -0.2) is 11.3 Å². The van der Waals surface area contributed by atoms with Crippen LogP contribution in [0.5, 0.6) is 5.75 Å². The van der Waals surface area contributed by atoms with E-state index in [1.807, 2.05) is 85.8 Å². The van der Waals surface area contributed by atoms with Gasteiger partial charge in [-0.2, -0.15) is 5.10 Å². The van der Waals surface area contributed by atoms with Gasteiger partial charge in [0.1, 0.15) is 12.4 Å². The molecule has 0 saturated carbocycles. The van der Waals surface area contributed by atoms with Gasteiger partial charge in [-0.1, -0.05) is 54.6 Å². The number of benzene rings is 3. The standard InChI is InChI=1S/C22H21N3OS/c1-17-7-5-11-20(13-17)24-22(27)25-23-15-19-10-6-12-21(14-19)26-16-18-8-3-2-4-9-18/h2-15H,16H2,1H3,(H2,24,25,27)/b23-15+. The maximum absolute atomic E-state index is 5.83. The molecule has 0 saturated heterocycles. The molecule has 0 amide bonds. The molecular weight excluding hydrogens is 354 g/mol. The molecule has 3 aromatic rings. The van der Waals surface area contributed by atoms with Gasteiger partial charge in [0.2, 0.25) is 0 Å². The van der Waals surface area contributed by atoms with Crippen molar-refractivity contribution in [3.05, 3.63) is 95.6 Å². The van der Waals surface area contributed by atoms with Crippen molar-refractivity contribution in [2.24, 2.45) is 5.10 Å². The summed E-state index contributed by atoms with van der Waals surface area (Å²) in [5.41, 5.74) is 6.97. The van der Waals surface area contributed by atoms with Crippen LogP contribution in [0.15, 0.2) is 84.0 Å². The summed E-state index contributed by atoms with van der Waals surface area (Å²) in [6, 6.07) is 25.8. The Hall–Kier alpha value is -3.18. The second-order valence-electron chi connectivity index (χ2n) is 6.04. The highest BCUT2D eigenvalue weighted by Gasteiger charge is 1.98. The highest BCUT2D eigenvalue weighted by molar-refractivity contribution is 7.80. The lowest BCUT2D eigenvalue weighted by Crippen LogP contribution is -2.23. The molecule has 0 aliphatic heterocycles. The van der Waals surface area contributed by atoms with Crippen molar-refractivity contribution in [3.63, 3.8) is 0 Å². The van der Waals surface area contributed by atoms with Gasteiger partial charge in [0.25, 0.3) is 0 Å². The smallest absolute Gasteiger partial charge is 0.191 e. The summed E-state index contributed by atoms with van der Waals surface area (Å²) in [6.45, 7) is 2.57. The fourth-order valence-corrected chi connectivity index (χ4v) is 2.64. The van der Waals surface area contributed by atoms with E-state index >= 15 is 0 Å². The Balaban J connectivity index is 1.52. The number of nitrogens with zero attached hydrogens (tertiary/aromatic N) is 1. The van der Waals surface area contributed by atoms with E-state index in [0.717, 1.165) is 22.6 Å². The van der Waals surface area contributed by atoms with Gasteiger partial charge in [0.15, 0.2) is 5.11 Å². The van der Waals surface area contributed by atoms with Crippen LogP contribution in [0.1, 0.15) is 16.7 Å². The molecule has 27 heavy (non-hydrogen) atoms. The van der Waals surface area contributed by atoms with Gasteiger partial charge in [0, 0.05) is 5.69 Å². The molecule has 0 bridgehead atoms. The molecule has 5 heteroatoms.